The standard InChI is InChI=1S/CH3O2P/c1-4(2)3/h1H3/i1-11. The van der Waals surface area contributed by atoms with Gasteiger partial charge in [-0.15, -0.1) is 0 Å². The van der Waals surface area contributed by atoms with Crippen molar-refractivity contribution in [1.29, 1.82) is 0 Å². The van der Waals surface area contributed by atoms with Gasteiger partial charge in [0.25, 0.3) is 0 Å². The number of rotatable bonds is 0. The van der Waals surface area contributed by atoms with Crippen LogP contribution in [0, 0.1) is 0 Å². The molecule has 0 fully saturated rings. The highest BCUT2D eigenvalue weighted by molar-refractivity contribution is 7.29. The molecule has 3 heteroatoms. The second-order valence-corrected chi connectivity index (χ2v) is 1.32. The molecule has 0 rings (SSSR count). The van der Waals surface area contributed by atoms with Gasteiger partial charge < -0.3 is 0 Å². The summed E-state index contributed by atoms with van der Waals surface area (Å²) >= 11 is 0. The molecule has 0 amide bonds. The normalized spacial score (nSPS) is 6.25. The van der Waals surface area contributed by atoms with Gasteiger partial charge in [0.1, 0.15) is 0 Å². The number of hydrogen-bond acceptors (Lipinski definition) is 2. The highest BCUT2D eigenvalue weighted by Gasteiger charge is 1.54. The Kier molecular flexibility index (Phi) is 1.21. The van der Waals surface area contributed by atoms with Gasteiger partial charge in [0.15, 0.2) is 0 Å². The van der Waals surface area contributed by atoms with Crippen LogP contribution >= 0.6 is 7.68 Å². The predicted octanol–water partition coefficient (Wildman–Crippen LogP) is 0.789. The van der Waals surface area contributed by atoms with Crippen LogP contribution in [0.3, 0.4) is 0 Å². The summed E-state index contributed by atoms with van der Waals surface area (Å²) in [5, 5.41) is 0. The van der Waals surface area contributed by atoms with E-state index in [1.807, 2.05) is 0 Å². The smallest absolute Gasteiger partial charge is 0.238 e. The molecule has 24 valence electrons. The fraction of sp³-hybridized carbons (Fsp3) is 1.00. The quantitative estimate of drug-likeness (QED) is 0.392. The molecule has 0 aromatic heterocycles. The van der Waals surface area contributed by atoms with Gasteiger partial charge in [0, 0.05) is 6.66 Å². The summed E-state index contributed by atoms with van der Waals surface area (Å²) < 4.78 is 18.1. The van der Waals surface area contributed by atoms with E-state index in [1.165, 1.54) is 0 Å². The molecule has 0 aromatic rings. The molecule has 0 saturated heterocycles. The van der Waals surface area contributed by atoms with E-state index in [2.05, 4.69) is 0 Å². The first-order chi connectivity index (χ1) is 1.73. The molecule has 0 radical (unpaired) electrons. The second-order valence-electron chi connectivity index (χ2n) is 0.440. The summed E-state index contributed by atoms with van der Waals surface area (Å²) in [4.78, 5) is 0. The maximum absolute atomic E-state index is 9.04. The molecule has 0 heterocycles. The van der Waals surface area contributed by atoms with Crippen LogP contribution in [0.25, 0.3) is 0 Å². The minimum absolute atomic E-state index is 1.12. The molecule has 0 aliphatic carbocycles. The van der Waals surface area contributed by atoms with Crippen LogP contribution in [0.15, 0.2) is 0 Å². The van der Waals surface area contributed by atoms with Crippen LogP contribution in [0.5, 0.6) is 0 Å². The lowest BCUT2D eigenvalue weighted by Crippen LogP contribution is -1.15. The first-order valence-corrected chi connectivity index (χ1v) is 2.44. The van der Waals surface area contributed by atoms with Crippen LogP contribution < -0.4 is 0 Å². The van der Waals surface area contributed by atoms with Gasteiger partial charge in [-0.3, -0.25) is 0 Å². The van der Waals surface area contributed by atoms with E-state index in [1.54, 1.807) is 0 Å². The lowest BCUT2D eigenvalue weighted by atomic mass is 0.967. The van der Waals surface area contributed by atoms with Crippen molar-refractivity contribution in [3.63, 3.8) is 0 Å². The van der Waals surface area contributed by atoms with E-state index in [-0.39, 0.29) is 0 Å². The molecule has 0 saturated carbocycles. The van der Waals surface area contributed by atoms with E-state index in [4.69, 9.17) is 9.13 Å². The first-order valence-electron chi connectivity index (χ1n) is 0.812. The zero-order valence-corrected chi connectivity index (χ0v) is 3.16. The average molecular weight is 67.0 g/mol. The van der Waals surface area contributed by atoms with Gasteiger partial charge in [0.2, 0.25) is 0 Å². The van der Waals surface area contributed by atoms with Crippen molar-refractivity contribution in [2.45, 2.75) is 0 Å². The monoisotopic (exact) mass is 67.0 g/mol. The summed E-state index contributed by atoms with van der Waals surface area (Å²) in [7, 11) is -2.12. The van der Waals surface area contributed by atoms with Crippen LogP contribution in [-0.2, 0) is 9.13 Å². The average Bonchev–Trinajstić information content (AvgIpc) is 0.811. The minimum Gasteiger partial charge on any atom is -0.238 e. The van der Waals surface area contributed by atoms with Gasteiger partial charge in [-0.1, -0.05) is 0 Å². The molecular formula is CH3O2P. The summed E-state index contributed by atoms with van der Waals surface area (Å²) in [5.74, 6) is 0. The Morgan fingerprint density at radius 2 is 1.50 bits per heavy atom. The van der Waals surface area contributed by atoms with Gasteiger partial charge in [-0.2, -0.15) is 0 Å². The fourth-order valence-electron chi connectivity index (χ4n) is 0. The van der Waals surface area contributed by atoms with Crippen LogP contribution in [0.4, 0.5) is 0 Å². The van der Waals surface area contributed by atoms with Crippen LogP contribution in [-0.4, -0.2) is 6.66 Å². The molecule has 0 unspecified atom stereocenters. The van der Waals surface area contributed by atoms with Crippen LogP contribution in [0.2, 0.25) is 0 Å². The Morgan fingerprint density at radius 3 is 1.50 bits per heavy atom. The maximum Gasteiger partial charge on any atom is 0.312 e. The van der Waals surface area contributed by atoms with Crippen LogP contribution in [0.1, 0.15) is 0 Å². The maximum atomic E-state index is 9.04. The zero-order chi connectivity index (χ0) is 3.58. The topological polar surface area (TPSA) is 34.1 Å². The fourth-order valence-corrected chi connectivity index (χ4v) is 0. The van der Waals surface area contributed by atoms with Crippen molar-refractivity contribution in [3.8, 4) is 0 Å². The van der Waals surface area contributed by atoms with Gasteiger partial charge >= 0.3 is 7.68 Å². The third kappa shape index (κ3) is 154. The Morgan fingerprint density at radius 1 is 1.50 bits per heavy atom. The molecule has 4 heavy (non-hydrogen) atoms. The second kappa shape index (κ2) is 1.24. The molecule has 0 aromatic carbocycles. The Hall–Kier alpha value is -0.100. The molecule has 0 spiro atoms. The number of hydrogen-bond donors (Lipinski definition) is 0. The minimum atomic E-state index is -2.12. The van der Waals surface area contributed by atoms with E-state index < -0.39 is 7.68 Å². The predicted molar refractivity (Wildman–Crippen MR) is 14.2 cm³/mol. The summed E-state index contributed by atoms with van der Waals surface area (Å²) in [5.41, 5.74) is 0. The molecule has 0 aliphatic heterocycles. The third-order valence-corrected chi connectivity index (χ3v) is 0. The highest BCUT2D eigenvalue weighted by Crippen LogP contribution is 1.85. The van der Waals surface area contributed by atoms with Crippen molar-refractivity contribution in [3.05, 3.63) is 0 Å². The molecular weight excluding hydrogens is 64.0 g/mol. The Labute approximate surface area is 24.6 Å². The van der Waals surface area contributed by atoms with Crippen molar-refractivity contribution >= 4 is 7.68 Å². The zero-order valence-electron chi connectivity index (χ0n) is 2.26. The Balaban J connectivity index is 3.51. The van der Waals surface area contributed by atoms with Gasteiger partial charge in [-0.25, -0.2) is 9.13 Å². The van der Waals surface area contributed by atoms with Crippen molar-refractivity contribution in [1.82, 2.24) is 0 Å². The SMILES string of the molecule is [1CH3]P(=O)=O. The highest BCUT2D eigenvalue weighted by atomic mass is 31.1. The lowest BCUT2D eigenvalue weighted by molar-refractivity contribution is 0.520. The van der Waals surface area contributed by atoms with E-state index in [9.17, 15) is 0 Å². The molecule has 0 bridgehead atoms. The third-order valence-electron chi connectivity index (χ3n) is 0. The summed E-state index contributed by atoms with van der Waals surface area (Å²) in [6.07, 6.45) is 0. The first kappa shape index (κ1) is 3.90. The molecule has 0 N–H and O–H groups in total. The molecule has 2 nitrogen and oxygen atoms in total. The van der Waals surface area contributed by atoms with E-state index in [0.717, 1.165) is 6.66 Å². The lowest BCUT2D eigenvalue weighted by Gasteiger charge is -1.33. The van der Waals surface area contributed by atoms with E-state index >= 15 is 0 Å². The van der Waals surface area contributed by atoms with Gasteiger partial charge in [-0.05, 0) is 0 Å². The van der Waals surface area contributed by atoms with Crippen molar-refractivity contribution in [2.24, 2.45) is 0 Å². The summed E-state index contributed by atoms with van der Waals surface area (Å²) in [6.45, 7) is 1.12. The largest absolute Gasteiger partial charge is 0.312 e. The van der Waals surface area contributed by atoms with Crippen molar-refractivity contribution < 1.29 is 9.13 Å². The Bertz CT molecular complexity index is 54.4. The summed E-state index contributed by atoms with van der Waals surface area (Å²) in [6, 6.07) is 0. The van der Waals surface area contributed by atoms with Gasteiger partial charge in [0.05, 0.1) is 0 Å². The van der Waals surface area contributed by atoms with E-state index in [0.29, 0.717) is 0 Å². The molecule has 0 aliphatic rings. The molecule has 0 atom stereocenters. The van der Waals surface area contributed by atoms with Crippen molar-refractivity contribution in [2.75, 3.05) is 6.66 Å².